The van der Waals surface area contributed by atoms with E-state index in [1.807, 2.05) is 17.9 Å². The summed E-state index contributed by atoms with van der Waals surface area (Å²) in [6, 6.07) is 10.9. The minimum Gasteiger partial charge on any atom is -0.358 e. The molecule has 0 bridgehead atoms. The first-order valence-corrected chi connectivity index (χ1v) is 13.2. The summed E-state index contributed by atoms with van der Waals surface area (Å²) in [7, 11) is 0. The molecule has 8 heteroatoms. The number of aryl methyl sites for hydroxylation is 1. The first-order valence-electron chi connectivity index (χ1n) is 13.2. The summed E-state index contributed by atoms with van der Waals surface area (Å²) in [5.41, 5.74) is 4.20. The number of rotatable bonds is 4. The average molecular weight is 517 g/mol. The summed E-state index contributed by atoms with van der Waals surface area (Å²) in [5.74, 6) is -1.77. The molecule has 196 valence electrons. The van der Waals surface area contributed by atoms with Gasteiger partial charge in [-0.05, 0) is 87.2 Å². The van der Waals surface area contributed by atoms with Crippen LogP contribution in [0.4, 0.5) is 14.5 Å². The Morgan fingerprint density at radius 3 is 2.42 bits per heavy atom. The third-order valence-corrected chi connectivity index (χ3v) is 7.91. The molecule has 0 radical (unpaired) electrons. The fourth-order valence-corrected chi connectivity index (χ4v) is 6.09. The second kappa shape index (κ2) is 9.83. The van der Waals surface area contributed by atoms with E-state index in [4.69, 9.17) is 0 Å². The zero-order valence-electron chi connectivity index (χ0n) is 21.3. The Labute approximate surface area is 220 Å². The SMILES string of the molecule is Cc1cc(C(=O)N2CCC(N3CCCC3)CC2)c(/C=C2\C(=O)Nc3cccc(-c4cc(F)cc(F)c4)c32)[nH]1. The monoisotopic (exact) mass is 516 g/mol. The Morgan fingerprint density at radius 2 is 1.71 bits per heavy atom. The van der Waals surface area contributed by atoms with E-state index in [-0.39, 0.29) is 11.8 Å². The second-order valence-electron chi connectivity index (χ2n) is 10.4. The van der Waals surface area contributed by atoms with Crippen molar-refractivity contribution in [3.8, 4) is 11.1 Å². The minimum absolute atomic E-state index is 0.0554. The highest BCUT2D eigenvalue weighted by Gasteiger charge is 2.31. The lowest BCUT2D eigenvalue weighted by Gasteiger charge is -2.36. The van der Waals surface area contributed by atoms with Crippen molar-refractivity contribution in [3.05, 3.63) is 76.6 Å². The molecule has 2 saturated heterocycles. The quantitative estimate of drug-likeness (QED) is 0.453. The van der Waals surface area contributed by atoms with Crippen LogP contribution >= 0.6 is 0 Å². The Kier molecular flexibility index (Phi) is 6.35. The number of nitrogens with zero attached hydrogens (tertiary/aromatic N) is 2. The topological polar surface area (TPSA) is 68.4 Å². The van der Waals surface area contributed by atoms with Gasteiger partial charge in [0.05, 0.1) is 16.8 Å². The summed E-state index contributed by atoms with van der Waals surface area (Å²) in [6.45, 7) is 5.60. The number of fused-ring (bicyclic) bond motifs is 1. The number of anilines is 1. The van der Waals surface area contributed by atoms with E-state index in [9.17, 15) is 18.4 Å². The van der Waals surface area contributed by atoms with E-state index in [1.54, 1.807) is 24.3 Å². The molecule has 1 aromatic heterocycles. The Morgan fingerprint density at radius 1 is 1.00 bits per heavy atom. The maximum atomic E-state index is 14.0. The minimum atomic E-state index is -0.693. The number of halogens is 2. The maximum absolute atomic E-state index is 14.0. The van der Waals surface area contributed by atoms with Gasteiger partial charge in [0.1, 0.15) is 11.6 Å². The molecular formula is C30H30F2N4O2. The predicted molar refractivity (Wildman–Crippen MR) is 144 cm³/mol. The molecule has 2 N–H and O–H groups in total. The van der Waals surface area contributed by atoms with E-state index in [1.165, 1.54) is 25.0 Å². The summed E-state index contributed by atoms with van der Waals surface area (Å²) in [4.78, 5) is 34.4. The fraction of sp³-hybridized carbons (Fsp3) is 0.333. The summed E-state index contributed by atoms with van der Waals surface area (Å²) in [5, 5.41) is 2.85. The Bertz CT molecular complexity index is 1430. The first kappa shape index (κ1) is 24.6. The molecule has 4 heterocycles. The largest absolute Gasteiger partial charge is 0.358 e. The van der Waals surface area contributed by atoms with E-state index in [0.717, 1.165) is 37.7 Å². The normalized spacial score (nSPS) is 19.3. The molecule has 3 aliphatic heterocycles. The third kappa shape index (κ3) is 4.53. The van der Waals surface area contributed by atoms with Crippen LogP contribution in [-0.4, -0.2) is 58.8 Å². The number of aromatic nitrogens is 1. The van der Waals surface area contributed by atoms with Gasteiger partial charge in [0, 0.05) is 42.1 Å². The average Bonchev–Trinajstić information content (AvgIpc) is 3.63. The number of aromatic amines is 1. The van der Waals surface area contributed by atoms with Crippen LogP contribution in [0.15, 0.2) is 42.5 Å². The van der Waals surface area contributed by atoms with E-state index in [2.05, 4.69) is 15.2 Å². The van der Waals surface area contributed by atoms with E-state index in [0.29, 0.717) is 58.3 Å². The predicted octanol–water partition coefficient (Wildman–Crippen LogP) is 5.46. The lowest BCUT2D eigenvalue weighted by Crippen LogP contribution is -2.46. The van der Waals surface area contributed by atoms with Crippen LogP contribution in [0.2, 0.25) is 0 Å². The lowest BCUT2D eigenvalue weighted by molar-refractivity contribution is -0.110. The highest BCUT2D eigenvalue weighted by molar-refractivity contribution is 6.36. The van der Waals surface area contributed by atoms with Crippen LogP contribution in [0, 0.1) is 18.6 Å². The van der Waals surface area contributed by atoms with Gasteiger partial charge in [-0.25, -0.2) is 8.78 Å². The van der Waals surface area contributed by atoms with Crippen LogP contribution in [0.5, 0.6) is 0 Å². The number of H-pyrrole nitrogens is 1. The molecule has 0 aliphatic carbocycles. The van der Waals surface area contributed by atoms with Crippen molar-refractivity contribution in [3.63, 3.8) is 0 Å². The molecule has 3 aliphatic rings. The molecule has 0 unspecified atom stereocenters. The summed E-state index contributed by atoms with van der Waals surface area (Å²) >= 11 is 0. The van der Waals surface area contributed by atoms with Crippen LogP contribution in [-0.2, 0) is 4.79 Å². The highest BCUT2D eigenvalue weighted by atomic mass is 19.1. The number of carbonyl (C=O) groups is 2. The zero-order valence-corrected chi connectivity index (χ0v) is 21.3. The van der Waals surface area contributed by atoms with Crippen LogP contribution < -0.4 is 5.32 Å². The van der Waals surface area contributed by atoms with Gasteiger partial charge in [-0.15, -0.1) is 0 Å². The van der Waals surface area contributed by atoms with Crippen molar-refractivity contribution in [2.75, 3.05) is 31.5 Å². The van der Waals surface area contributed by atoms with Gasteiger partial charge in [-0.1, -0.05) is 12.1 Å². The number of amides is 2. The molecule has 3 aromatic rings. The molecule has 0 saturated carbocycles. The fourth-order valence-electron chi connectivity index (χ4n) is 6.09. The number of benzene rings is 2. The van der Waals surface area contributed by atoms with Gasteiger partial charge < -0.3 is 20.1 Å². The molecule has 6 nitrogen and oxygen atoms in total. The lowest BCUT2D eigenvalue weighted by atomic mass is 9.94. The molecular weight excluding hydrogens is 486 g/mol. The molecule has 38 heavy (non-hydrogen) atoms. The van der Waals surface area contributed by atoms with Crippen LogP contribution in [0.1, 0.15) is 53.0 Å². The summed E-state index contributed by atoms with van der Waals surface area (Å²) < 4.78 is 28.1. The molecule has 0 spiro atoms. The smallest absolute Gasteiger partial charge is 0.256 e. The van der Waals surface area contributed by atoms with Gasteiger partial charge in [-0.2, -0.15) is 0 Å². The number of hydrogen-bond donors (Lipinski definition) is 2. The molecule has 2 aromatic carbocycles. The van der Waals surface area contributed by atoms with E-state index < -0.39 is 11.6 Å². The molecule has 2 fully saturated rings. The molecule has 2 amide bonds. The number of hydrogen-bond acceptors (Lipinski definition) is 3. The number of likely N-dealkylation sites (tertiary alicyclic amines) is 2. The number of carbonyl (C=O) groups excluding carboxylic acids is 2. The van der Waals surface area contributed by atoms with Crippen LogP contribution in [0.25, 0.3) is 22.8 Å². The van der Waals surface area contributed by atoms with Crippen molar-refractivity contribution in [1.82, 2.24) is 14.8 Å². The number of nitrogens with one attached hydrogen (secondary N) is 2. The van der Waals surface area contributed by atoms with Crippen molar-refractivity contribution in [1.29, 1.82) is 0 Å². The Hall–Kier alpha value is -3.78. The van der Waals surface area contributed by atoms with Gasteiger partial charge in [-0.3, -0.25) is 9.59 Å². The zero-order chi connectivity index (χ0) is 26.4. The maximum Gasteiger partial charge on any atom is 0.256 e. The number of piperidine rings is 1. The Balaban J connectivity index is 1.32. The molecule has 0 atom stereocenters. The van der Waals surface area contributed by atoms with Gasteiger partial charge in [0.25, 0.3) is 11.8 Å². The van der Waals surface area contributed by atoms with Gasteiger partial charge in [0.15, 0.2) is 0 Å². The van der Waals surface area contributed by atoms with Gasteiger partial charge >= 0.3 is 0 Å². The highest BCUT2D eigenvalue weighted by Crippen LogP contribution is 2.41. The van der Waals surface area contributed by atoms with Crippen molar-refractivity contribution in [2.24, 2.45) is 0 Å². The van der Waals surface area contributed by atoms with Crippen molar-refractivity contribution in [2.45, 2.75) is 38.6 Å². The van der Waals surface area contributed by atoms with Crippen LogP contribution in [0.3, 0.4) is 0 Å². The second-order valence-corrected chi connectivity index (χ2v) is 10.4. The third-order valence-electron chi connectivity index (χ3n) is 7.91. The first-order chi connectivity index (χ1) is 18.4. The van der Waals surface area contributed by atoms with Crippen molar-refractivity contribution < 1.29 is 18.4 Å². The molecule has 6 rings (SSSR count). The summed E-state index contributed by atoms with van der Waals surface area (Å²) in [6.07, 6.45) is 6.13. The van der Waals surface area contributed by atoms with Gasteiger partial charge in [0.2, 0.25) is 0 Å². The van der Waals surface area contributed by atoms with E-state index >= 15 is 0 Å². The van der Waals surface area contributed by atoms with Crippen molar-refractivity contribution >= 4 is 29.2 Å². The standard InChI is InChI=1S/C30H30F2N4O2/c1-18-13-24(30(38)36-11-7-22(8-12-36)35-9-2-3-10-35)27(33-18)17-25-28-23(5-4-6-26(28)34-29(25)37)19-14-20(31)16-21(32)15-19/h4-6,13-17,22,33H,2-3,7-12H2,1H3,(H,34,37)/b25-17-.